The van der Waals surface area contributed by atoms with E-state index in [1.54, 1.807) is 30.5 Å². The number of furan rings is 1. The van der Waals surface area contributed by atoms with E-state index in [0.29, 0.717) is 30.1 Å². The SMILES string of the molecule is O=C(NC(Cc1ccccc1)C(=O)N1CCCc2occc2C1)c1ccc(Cl)cc1. The second-order valence-electron chi connectivity index (χ2n) is 7.46. The van der Waals surface area contributed by atoms with Gasteiger partial charge in [0.1, 0.15) is 11.8 Å². The van der Waals surface area contributed by atoms with Crippen LogP contribution in [0.3, 0.4) is 0 Å². The molecule has 1 aliphatic rings. The van der Waals surface area contributed by atoms with Gasteiger partial charge in [0, 0.05) is 42.1 Å². The molecule has 2 amide bonds. The number of rotatable bonds is 5. The largest absolute Gasteiger partial charge is 0.469 e. The van der Waals surface area contributed by atoms with Crippen LogP contribution in [0.4, 0.5) is 0 Å². The van der Waals surface area contributed by atoms with Crippen molar-refractivity contribution in [3.8, 4) is 0 Å². The van der Waals surface area contributed by atoms with Crippen molar-refractivity contribution >= 4 is 23.4 Å². The van der Waals surface area contributed by atoms with Gasteiger partial charge in [0.05, 0.1) is 6.26 Å². The van der Waals surface area contributed by atoms with Crippen molar-refractivity contribution in [3.05, 3.63) is 94.4 Å². The van der Waals surface area contributed by atoms with E-state index in [-0.39, 0.29) is 11.8 Å². The fourth-order valence-corrected chi connectivity index (χ4v) is 3.87. The number of nitrogens with one attached hydrogen (secondary N) is 1. The lowest BCUT2D eigenvalue weighted by molar-refractivity contribution is -0.133. The van der Waals surface area contributed by atoms with Crippen LogP contribution in [0.5, 0.6) is 0 Å². The predicted molar refractivity (Wildman–Crippen MR) is 115 cm³/mol. The molecule has 0 radical (unpaired) electrons. The summed E-state index contributed by atoms with van der Waals surface area (Å²) in [6.45, 7) is 1.12. The molecule has 0 saturated carbocycles. The van der Waals surface area contributed by atoms with Crippen molar-refractivity contribution < 1.29 is 14.0 Å². The molecule has 1 aliphatic heterocycles. The van der Waals surface area contributed by atoms with Crippen molar-refractivity contribution in [1.82, 2.24) is 10.2 Å². The Morgan fingerprint density at radius 2 is 1.83 bits per heavy atom. The summed E-state index contributed by atoms with van der Waals surface area (Å²) in [7, 11) is 0. The molecule has 4 rings (SSSR count). The van der Waals surface area contributed by atoms with E-state index in [2.05, 4.69) is 5.32 Å². The second-order valence-corrected chi connectivity index (χ2v) is 7.89. The molecular formula is C24H23ClN2O3. The summed E-state index contributed by atoms with van der Waals surface area (Å²) < 4.78 is 5.53. The zero-order valence-electron chi connectivity index (χ0n) is 16.5. The highest BCUT2D eigenvalue weighted by molar-refractivity contribution is 6.30. The minimum atomic E-state index is -0.663. The molecule has 0 spiro atoms. The average molecular weight is 423 g/mol. The third-order valence-electron chi connectivity index (χ3n) is 5.33. The molecule has 2 heterocycles. The number of benzene rings is 2. The standard InChI is InChI=1S/C24H23ClN2O3/c25-20-10-8-18(9-11-20)23(28)26-21(15-17-5-2-1-3-6-17)24(29)27-13-4-7-22-19(16-27)12-14-30-22/h1-3,5-6,8-12,14,21H,4,7,13,15-16H2,(H,26,28). The van der Waals surface area contributed by atoms with Crippen LogP contribution in [-0.2, 0) is 24.2 Å². The first-order valence-corrected chi connectivity index (χ1v) is 10.4. The highest BCUT2D eigenvalue weighted by Crippen LogP contribution is 2.21. The van der Waals surface area contributed by atoms with Gasteiger partial charge in [-0.15, -0.1) is 0 Å². The molecule has 154 valence electrons. The Kier molecular flexibility index (Phi) is 6.19. The van der Waals surface area contributed by atoms with E-state index in [1.807, 2.05) is 41.3 Å². The molecule has 0 aliphatic carbocycles. The number of carbonyl (C=O) groups is 2. The van der Waals surface area contributed by atoms with Gasteiger partial charge < -0.3 is 14.6 Å². The van der Waals surface area contributed by atoms with Gasteiger partial charge in [0.25, 0.3) is 5.91 Å². The second kappa shape index (κ2) is 9.18. The number of carbonyl (C=O) groups excluding carboxylic acids is 2. The van der Waals surface area contributed by atoms with Crippen molar-refractivity contribution in [2.75, 3.05) is 6.54 Å². The van der Waals surface area contributed by atoms with Crippen LogP contribution in [0.25, 0.3) is 0 Å². The summed E-state index contributed by atoms with van der Waals surface area (Å²) in [5, 5.41) is 3.50. The lowest BCUT2D eigenvalue weighted by atomic mass is 10.0. The maximum Gasteiger partial charge on any atom is 0.251 e. The number of hydrogen-bond donors (Lipinski definition) is 1. The zero-order chi connectivity index (χ0) is 20.9. The highest BCUT2D eigenvalue weighted by atomic mass is 35.5. The molecule has 1 N–H and O–H groups in total. The quantitative estimate of drug-likeness (QED) is 0.668. The Balaban J connectivity index is 1.55. The predicted octanol–water partition coefficient (Wildman–Crippen LogP) is 4.25. The smallest absolute Gasteiger partial charge is 0.251 e. The molecule has 5 nitrogen and oxygen atoms in total. The summed E-state index contributed by atoms with van der Waals surface area (Å²) in [6.07, 6.45) is 3.73. The molecule has 0 bridgehead atoms. The average Bonchev–Trinajstić information content (AvgIpc) is 3.10. The lowest BCUT2D eigenvalue weighted by Crippen LogP contribution is -2.49. The first kappa shape index (κ1) is 20.2. The Hall–Kier alpha value is -3.05. The van der Waals surface area contributed by atoms with Gasteiger partial charge in [0.2, 0.25) is 5.91 Å². The van der Waals surface area contributed by atoms with Crippen molar-refractivity contribution in [2.24, 2.45) is 0 Å². The normalized spacial score (nSPS) is 14.5. The number of aryl methyl sites for hydroxylation is 1. The van der Waals surface area contributed by atoms with Crippen LogP contribution >= 0.6 is 11.6 Å². The van der Waals surface area contributed by atoms with E-state index < -0.39 is 6.04 Å². The third-order valence-corrected chi connectivity index (χ3v) is 5.59. The molecular weight excluding hydrogens is 400 g/mol. The molecule has 0 saturated heterocycles. The highest BCUT2D eigenvalue weighted by Gasteiger charge is 2.29. The number of hydrogen-bond acceptors (Lipinski definition) is 3. The molecule has 6 heteroatoms. The van der Waals surface area contributed by atoms with Gasteiger partial charge in [-0.2, -0.15) is 0 Å². The Morgan fingerprint density at radius 1 is 1.07 bits per heavy atom. The number of nitrogens with zero attached hydrogens (tertiary/aromatic N) is 1. The van der Waals surface area contributed by atoms with E-state index in [1.165, 1.54) is 0 Å². The molecule has 1 atom stereocenters. The molecule has 0 fully saturated rings. The fraction of sp³-hybridized carbons (Fsp3) is 0.250. The van der Waals surface area contributed by atoms with E-state index in [0.717, 1.165) is 29.7 Å². The van der Waals surface area contributed by atoms with Gasteiger partial charge in [-0.3, -0.25) is 9.59 Å². The summed E-state index contributed by atoms with van der Waals surface area (Å²) in [6, 6.07) is 17.6. The Morgan fingerprint density at radius 3 is 2.60 bits per heavy atom. The maximum absolute atomic E-state index is 13.5. The maximum atomic E-state index is 13.5. The molecule has 1 aromatic heterocycles. The van der Waals surface area contributed by atoms with Crippen LogP contribution in [0.1, 0.15) is 33.7 Å². The first-order chi connectivity index (χ1) is 14.6. The van der Waals surface area contributed by atoms with Crippen LogP contribution < -0.4 is 5.32 Å². The minimum absolute atomic E-state index is 0.0878. The molecule has 2 aromatic carbocycles. The fourth-order valence-electron chi connectivity index (χ4n) is 3.74. The van der Waals surface area contributed by atoms with Crippen LogP contribution in [0.15, 0.2) is 71.3 Å². The van der Waals surface area contributed by atoms with Gasteiger partial charge in [-0.05, 0) is 42.3 Å². The van der Waals surface area contributed by atoms with Crippen molar-refractivity contribution in [3.63, 3.8) is 0 Å². The summed E-state index contributed by atoms with van der Waals surface area (Å²) in [5.74, 6) is 0.560. The Bertz CT molecular complexity index is 1010. The van der Waals surface area contributed by atoms with Crippen LogP contribution in [-0.4, -0.2) is 29.3 Å². The topological polar surface area (TPSA) is 62.6 Å². The summed E-state index contributed by atoms with van der Waals surface area (Å²) in [5.41, 5.74) is 2.49. The number of amides is 2. The third kappa shape index (κ3) is 4.74. The molecule has 30 heavy (non-hydrogen) atoms. The van der Waals surface area contributed by atoms with Gasteiger partial charge in [-0.25, -0.2) is 0 Å². The monoisotopic (exact) mass is 422 g/mol. The van der Waals surface area contributed by atoms with E-state index >= 15 is 0 Å². The van der Waals surface area contributed by atoms with Crippen LogP contribution in [0, 0.1) is 0 Å². The van der Waals surface area contributed by atoms with E-state index in [9.17, 15) is 9.59 Å². The lowest BCUT2D eigenvalue weighted by Gasteiger charge is -2.27. The van der Waals surface area contributed by atoms with E-state index in [4.69, 9.17) is 16.0 Å². The van der Waals surface area contributed by atoms with Gasteiger partial charge in [-0.1, -0.05) is 41.9 Å². The zero-order valence-corrected chi connectivity index (χ0v) is 17.3. The van der Waals surface area contributed by atoms with Gasteiger partial charge >= 0.3 is 0 Å². The van der Waals surface area contributed by atoms with Crippen LogP contribution in [0.2, 0.25) is 5.02 Å². The van der Waals surface area contributed by atoms with Crippen molar-refractivity contribution in [2.45, 2.75) is 31.8 Å². The summed E-state index contributed by atoms with van der Waals surface area (Å²) >= 11 is 5.93. The minimum Gasteiger partial charge on any atom is -0.469 e. The molecule has 1 unspecified atom stereocenters. The Labute approximate surface area is 180 Å². The van der Waals surface area contributed by atoms with Crippen molar-refractivity contribution in [1.29, 1.82) is 0 Å². The molecule has 3 aromatic rings. The van der Waals surface area contributed by atoms with Gasteiger partial charge in [0.15, 0.2) is 0 Å². The number of fused-ring (bicyclic) bond motifs is 1. The number of halogens is 1. The summed E-state index contributed by atoms with van der Waals surface area (Å²) in [4.78, 5) is 28.1. The first-order valence-electron chi connectivity index (χ1n) is 10.0.